The van der Waals surface area contributed by atoms with Gasteiger partial charge in [-0.2, -0.15) is 0 Å². The molecule has 0 bridgehead atoms. The van der Waals surface area contributed by atoms with Gasteiger partial charge in [-0.25, -0.2) is 0 Å². The number of esters is 1. The number of hydrogen-bond donors (Lipinski definition) is 0. The van der Waals surface area contributed by atoms with Gasteiger partial charge in [-0.1, -0.05) is 13.8 Å². The molecule has 2 rings (SSSR count). The predicted molar refractivity (Wildman–Crippen MR) is 47.2 cm³/mol. The van der Waals surface area contributed by atoms with Crippen LogP contribution in [0.4, 0.5) is 0 Å². The zero-order valence-electron chi connectivity index (χ0n) is 8.32. The lowest BCUT2D eigenvalue weighted by molar-refractivity contribution is -0.143. The molecule has 3 nitrogen and oxygen atoms in total. The van der Waals surface area contributed by atoms with Crippen LogP contribution in [-0.4, -0.2) is 24.3 Å². The molecule has 0 aromatic rings. The monoisotopic (exact) mass is 184 g/mol. The maximum atomic E-state index is 11.0. The van der Waals surface area contributed by atoms with Crippen molar-refractivity contribution >= 4 is 5.97 Å². The molecular formula is C10H16O3. The van der Waals surface area contributed by atoms with Crippen molar-refractivity contribution in [2.45, 2.75) is 45.5 Å². The highest BCUT2D eigenvalue weighted by Crippen LogP contribution is 2.39. The summed E-state index contributed by atoms with van der Waals surface area (Å²) in [4.78, 5) is 11.0. The maximum absolute atomic E-state index is 11.0. The van der Waals surface area contributed by atoms with E-state index in [0.717, 1.165) is 0 Å². The molecule has 0 amide bonds. The van der Waals surface area contributed by atoms with Crippen LogP contribution in [0.2, 0.25) is 0 Å². The van der Waals surface area contributed by atoms with Crippen LogP contribution in [-0.2, 0) is 14.3 Å². The molecule has 2 aliphatic heterocycles. The molecule has 0 saturated carbocycles. The van der Waals surface area contributed by atoms with Crippen LogP contribution in [0.5, 0.6) is 0 Å². The second-order valence-corrected chi connectivity index (χ2v) is 4.36. The summed E-state index contributed by atoms with van der Waals surface area (Å²) < 4.78 is 10.9. The van der Waals surface area contributed by atoms with Gasteiger partial charge in [0.1, 0.15) is 12.2 Å². The highest BCUT2D eigenvalue weighted by Gasteiger charge is 2.50. The fourth-order valence-electron chi connectivity index (χ4n) is 2.56. The van der Waals surface area contributed by atoms with E-state index >= 15 is 0 Å². The van der Waals surface area contributed by atoms with E-state index in [1.165, 1.54) is 0 Å². The fourth-order valence-corrected chi connectivity index (χ4v) is 2.56. The Morgan fingerprint density at radius 3 is 2.77 bits per heavy atom. The van der Waals surface area contributed by atoms with E-state index in [1.54, 1.807) is 0 Å². The van der Waals surface area contributed by atoms with E-state index in [9.17, 15) is 4.79 Å². The third-order valence-electron chi connectivity index (χ3n) is 3.08. The summed E-state index contributed by atoms with van der Waals surface area (Å²) in [6.07, 6.45) is 0.707. The molecule has 1 unspecified atom stereocenters. The second kappa shape index (κ2) is 2.98. The van der Waals surface area contributed by atoms with E-state index in [2.05, 4.69) is 20.8 Å². The number of fused-ring (bicyclic) bond motifs is 1. The van der Waals surface area contributed by atoms with Crippen molar-refractivity contribution in [3.05, 3.63) is 0 Å². The predicted octanol–water partition coefficient (Wildman–Crippen LogP) is 1.36. The summed E-state index contributed by atoms with van der Waals surface area (Å²) >= 11 is 0. The molecule has 2 aliphatic rings. The highest BCUT2D eigenvalue weighted by atomic mass is 16.6. The summed E-state index contributed by atoms with van der Waals surface area (Å²) in [5.74, 6) is 0.778. The van der Waals surface area contributed by atoms with Crippen molar-refractivity contribution in [3.8, 4) is 0 Å². The van der Waals surface area contributed by atoms with Gasteiger partial charge >= 0.3 is 5.97 Å². The molecule has 0 aromatic carbocycles. The Kier molecular flexibility index (Phi) is 2.06. The summed E-state index contributed by atoms with van der Waals surface area (Å²) in [5, 5.41) is 0. The molecule has 2 saturated heterocycles. The van der Waals surface area contributed by atoms with Crippen molar-refractivity contribution in [2.24, 2.45) is 11.8 Å². The molecule has 13 heavy (non-hydrogen) atoms. The van der Waals surface area contributed by atoms with Crippen LogP contribution >= 0.6 is 0 Å². The van der Waals surface area contributed by atoms with Gasteiger partial charge in [0.05, 0.1) is 12.5 Å². The Morgan fingerprint density at radius 2 is 2.15 bits per heavy atom. The quantitative estimate of drug-likeness (QED) is 0.577. The largest absolute Gasteiger partial charge is 0.459 e. The topological polar surface area (TPSA) is 35.5 Å². The van der Waals surface area contributed by atoms with E-state index < -0.39 is 0 Å². The van der Waals surface area contributed by atoms with E-state index in [1.807, 2.05) is 0 Å². The molecule has 2 heterocycles. The van der Waals surface area contributed by atoms with Gasteiger partial charge in [0.2, 0.25) is 0 Å². The average Bonchev–Trinajstić information content (AvgIpc) is 2.41. The number of hydrogen-bond acceptors (Lipinski definition) is 3. The van der Waals surface area contributed by atoms with Crippen LogP contribution in [0, 0.1) is 11.8 Å². The maximum Gasteiger partial charge on any atom is 0.308 e. The summed E-state index contributed by atoms with van der Waals surface area (Å²) in [6.45, 7) is 6.37. The fraction of sp³-hybridized carbons (Fsp3) is 0.900. The Morgan fingerprint density at radius 1 is 1.46 bits per heavy atom. The lowest BCUT2D eigenvalue weighted by Crippen LogP contribution is -2.29. The third kappa shape index (κ3) is 1.35. The Bertz CT molecular complexity index is 224. The first-order valence-corrected chi connectivity index (χ1v) is 4.94. The molecule has 0 radical (unpaired) electrons. The molecule has 4 atom stereocenters. The van der Waals surface area contributed by atoms with Gasteiger partial charge in [-0.15, -0.1) is 0 Å². The Labute approximate surface area is 78.4 Å². The SMILES string of the molecule is CC(C)[C@H]1C(C)O[C@H]2CC(=O)O[C@@H]12. The van der Waals surface area contributed by atoms with Gasteiger partial charge in [0.25, 0.3) is 0 Å². The number of carbonyl (C=O) groups is 1. The molecule has 74 valence electrons. The second-order valence-electron chi connectivity index (χ2n) is 4.36. The number of carbonyl (C=O) groups excluding carboxylic acids is 1. The molecular weight excluding hydrogens is 168 g/mol. The third-order valence-corrected chi connectivity index (χ3v) is 3.08. The zero-order valence-corrected chi connectivity index (χ0v) is 8.32. The molecule has 2 fully saturated rings. The van der Waals surface area contributed by atoms with Crippen molar-refractivity contribution in [3.63, 3.8) is 0 Å². The first-order valence-electron chi connectivity index (χ1n) is 4.94. The minimum absolute atomic E-state index is 0.0162. The Hall–Kier alpha value is -0.570. The molecule has 0 aliphatic carbocycles. The van der Waals surface area contributed by atoms with E-state index in [4.69, 9.17) is 9.47 Å². The first kappa shape index (κ1) is 9.00. The smallest absolute Gasteiger partial charge is 0.308 e. The molecule has 0 N–H and O–H groups in total. The molecule has 3 heteroatoms. The standard InChI is InChI=1S/C10H16O3/c1-5(2)9-6(3)12-7-4-8(11)13-10(7)9/h5-7,9-10H,4H2,1-3H3/t6?,7-,9-,10+/m0/s1. The normalized spacial score (nSPS) is 43.8. The van der Waals surface area contributed by atoms with Gasteiger partial charge in [0.15, 0.2) is 0 Å². The number of rotatable bonds is 1. The number of ether oxygens (including phenoxy) is 2. The van der Waals surface area contributed by atoms with Crippen LogP contribution in [0.1, 0.15) is 27.2 Å². The van der Waals surface area contributed by atoms with Gasteiger partial charge < -0.3 is 9.47 Å². The van der Waals surface area contributed by atoms with Crippen LogP contribution in [0.15, 0.2) is 0 Å². The minimum atomic E-state index is -0.104. The highest BCUT2D eigenvalue weighted by molar-refractivity contribution is 5.72. The van der Waals surface area contributed by atoms with Crippen molar-refractivity contribution in [1.82, 2.24) is 0 Å². The summed E-state index contributed by atoms with van der Waals surface area (Å²) in [6, 6.07) is 0. The summed E-state index contributed by atoms with van der Waals surface area (Å²) in [5.41, 5.74) is 0. The van der Waals surface area contributed by atoms with E-state index in [0.29, 0.717) is 18.3 Å². The zero-order chi connectivity index (χ0) is 9.59. The Balaban J connectivity index is 2.14. The van der Waals surface area contributed by atoms with Crippen molar-refractivity contribution < 1.29 is 14.3 Å². The van der Waals surface area contributed by atoms with Crippen molar-refractivity contribution in [1.29, 1.82) is 0 Å². The summed E-state index contributed by atoms with van der Waals surface area (Å²) in [7, 11) is 0. The van der Waals surface area contributed by atoms with Crippen molar-refractivity contribution in [2.75, 3.05) is 0 Å². The van der Waals surface area contributed by atoms with Crippen LogP contribution in [0.25, 0.3) is 0 Å². The lowest BCUT2D eigenvalue weighted by atomic mass is 9.87. The molecule has 0 aromatic heterocycles. The van der Waals surface area contributed by atoms with Crippen LogP contribution in [0.3, 0.4) is 0 Å². The van der Waals surface area contributed by atoms with Gasteiger partial charge in [-0.05, 0) is 12.8 Å². The lowest BCUT2D eigenvalue weighted by Gasteiger charge is -2.22. The van der Waals surface area contributed by atoms with E-state index in [-0.39, 0.29) is 24.3 Å². The molecule has 0 spiro atoms. The average molecular weight is 184 g/mol. The van der Waals surface area contributed by atoms with Gasteiger partial charge in [0, 0.05) is 5.92 Å². The van der Waals surface area contributed by atoms with Gasteiger partial charge in [-0.3, -0.25) is 4.79 Å². The minimum Gasteiger partial charge on any atom is -0.459 e. The van der Waals surface area contributed by atoms with Crippen LogP contribution < -0.4 is 0 Å². The first-order chi connectivity index (χ1) is 6.09.